The molecule has 0 saturated heterocycles. The van der Waals surface area contributed by atoms with Crippen molar-refractivity contribution in [3.8, 4) is 5.75 Å². The van der Waals surface area contributed by atoms with E-state index in [9.17, 15) is 13.2 Å². The van der Waals surface area contributed by atoms with E-state index >= 15 is 0 Å². The number of carbonyl (C=O) groups excluding carboxylic acids is 1. The number of aryl methyl sites for hydroxylation is 2. The molecule has 0 heterocycles. The molecule has 0 fully saturated rings. The molecule has 1 aromatic carbocycles. The number of carbonyl (C=O) groups is 1. The molecule has 1 rings (SSSR count). The summed E-state index contributed by atoms with van der Waals surface area (Å²) in [6, 6.07) is 5.76. The summed E-state index contributed by atoms with van der Waals surface area (Å²) in [5.41, 5.74) is 1.99. The molecule has 0 aliphatic carbocycles. The molecule has 0 aromatic heterocycles. The molecule has 0 aliphatic heterocycles. The molecule has 1 amide bonds. The molecule has 21 heavy (non-hydrogen) atoms. The molecule has 7 heteroatoms. The summed E-state index contributed by atoms with van der Waals surface area (Å²) in [4.78, 5) is 11.9. The molecule has 0 aliphatic rings. The smallest absolute Gasteiger partial charge is 0.260 e. The van der Waals surface area contributed by atoms with Gasteiger partial charge >= 0.3 is 0 Å². The monoisotopic (exact) mass is 314 g/mol. The van der Waals surface area contributed by atoms with Crippen LogP contribution in [-0.4, -0.2) is 39.8 Å². The number of ether oxygens (including phenoxy) is 1. The van der Waals surface area contributed by atoms with Gasteiger partial charge in [0, 0.05) is 6.54 Å². The lowest BCUT2D eigenvalue weighted by Crippen LogP contribution is -2.40. The van der Waals surface area contributed by atoms with Crippen LogP contribution in [0.2, 0.25) is 0 Å². The van der Waals surface area contributed by atoms with E-state index in [2.05, 4.69) is 10.0 Å². The Morgan fingerprint density at radius 3 is 2.62 bits per heavy atom. The molecule has 2 N–H and O–H groups in total. The first kappa shape index (κ1) is 17.5. The van der Waals surface area contributed by atoms with Crippen molar-refractivity contribution in [2.75, 3.05) is 19.3 Å². The van der Waals surface area contributed by atoms with Gasteiger partial charge in [0.05, 0.1) is 5.75 Å². The van der Waals surface area contributed by atoms with E-state index in [1.54, 1.807) is 6.92 Å². The maximum Gasteiger partial charge on any atom is 0.260 e. The third-order valence-electron chi connectivity index (χ3n) is 3.00. The lowest BCUT2D eigenvalue weighted by atomic mass is 10.1. The van der Waals surface area contributed by atoms with Crippen molar-refractivity contribution in [3.05, 3.63) is 29.3 Å². The summed E-state index contributed by atoms with van der Waals surface area (Å²) in [6.45, 7) is 5.52. The number of sulfonamides is 1. The summed E-state index contributed by atoms with van der Waals surface area (Å²) < 4.78 is 30.3. The van der Waals surface area contributed by atoms with Crippen molar-refractivity contribution in [3.63, 3.8) is 0 Å². The molecular formula is C14H22N2O4S. The zero-order valence-corrected chi connectivity index (χ0v) is 13.6. The topological polar surface area (TPSA) is 84.5 Å². The number of hydrogen-bond donors (Lipinski definition) is 2. The predicted molar refractivity (Wildman–Crippen MR) is 81.9 cm³/mol. The zero-order valence-electron chi connectivity index (χ0n) is 12.8. The van der Waals surface area contributed by atoms with Crippen LogP contribution in [0.25, 0.3) is 0 Å². The van der Waals surface area contributed by atoms with Gasteiger partial charge in [-0.25, -0.2) is 13.1 Å². The van der Waals surface area contributed by atoms with E-state index in [-0.39, 0.29) is 18.2 Å². The van der Waals surface area contributed by atoms with Gasteiger partial charge in [-0.15, -0.1) is 0 Å². The Kier molecular flexibility index (Phi) is 6.17. The highest BCUT2D eigenvalue weighted by Crippen LogP contribution is 2.20. The Balaban J connectivity index is 2.53. The minimum atomic E-state index is -3.32. The Hall–Kier alpha value is -1.60. The van der Waals surface area contributed by atoms with Crippen molar-refractivity contribution >= 4 is 15.9 Å². The first-order chi connectivity index (χ1) is 9.75. The summed E-state index contributed by atoms with van der Waals surface area (Å²) in [5.74, 6) is 0.147. The van der Waals surface area contributed by atoms with Crippen LogP contribution in [0.3, 0.4) is 0 Å². The number of nitrogens with one attached hydrogen (secondary N) is 2. The number of rotatable bonds is 7. The minimum absolute atomic E-state index is 0.0442. The van der Waals surface area contributed by atoms with Gasteiger partial charge in [0.15, 0.2) is 6.10 Å². The van der Waals surface area contributed by atoms with E-state index in [0.717, 1.165) is 11.1 Å². The van der Waals surface area contributed by atoms with E-state index in [1.165, 1.54) is 7.05 Å². The second-order valence-corrected chi connectivity index (χ2v) is 6.89. The maximum absolute atomic E-state index is 11.9. The molecule has 1 atom stereocenters. The second kappa shape index (κ2) is 7.42. The molecule has 0 unspecified atom stereocenters. The largest absolute Gasteiger partial charge is 0.481 e. The van der Waals surface area contributed by atoms with Crippen molar-refractivity contribution < 1.29 is 17.9 Å². The van der Waals surface area contributed by atoms with Crippen molar-refractivity contribution in [2.24, 2.45) is 0 Å². The molecule has 0 radical (unpaired) electrons. The molecule has 6 nitrogen and oxygen atoms in total. The van der Waals surface area contributed by atoms with E-state index in [0.29, 0.717) is 5.75 Å². The molecule has 0 bridgehead atoms. The summed E-state index contributed by atoms with van der Waals surface area (Å²) >= 11 is 0. The highest BCUT2D eigenvalue weighted by atomic mass is 32.2. The third kappa shape index (κ3) is 5.73. The van der Waals surface area contributed by atoms with Crippen LogP contribution < -0.4 is 14.8 Å². The Morgan fingerprint density at radius 2 is 2.00 bits per heavy atom. The zero-order chi connectivity index (χ0) is 16.0. The van der Waals surface area contributed by atoms with Crippen LogP contribution in [0.1, 0.15) is 18.1 Å². The van der Waals surface area contributed by atoms with Gasteiger partial charge in [0.25, 0.3) is 5.91 Å². The van der Waals surface area contributed by atoms with Crippen molar-refractivity contribution in [1.82, 2.24) is 10.0 Å². The van der Waals surface area contributed by atoms with Crippen LogP contribution in [0.5, 0.6) is 5.75 Å². The second-order valence-electron chi connectivity index (χ2n) is 4.84. The van der Waals surface area contributed by atoms with Crippen LogP contribution >= 0.6 is 0 Å². The van der Waals surface area contributed by atoms with Gasteiger partial charge in [-0.3, -0.25) is 4.79 Å². The first-order valence-electron chi connectivity index (χ1n) is 6.68. The van der Waals surface area contributed by atoms with Gasteiger partial charge in [0.1, 0.15) is 5.75 Å². The van der Waals surface area contributed by atoms with Crippen LogP contribution in [0.4, 0.5) is 0 Å². The van der Waals surface area contributed by atoms with Gasteiger partial charge in [-0.2, -0.15) is 0 Å². The van der Waals surface area contributed by atoms with Crippen LogP contribution in [-0.2, 0) is 14.8 Å². The summed E-state index contributed by atoms with van der Waals surface area (Å²) in [6.07, 6.45) is -0.692. The fraction of sp³-hybridized carbons (Fsp3) is 0.500. The fourth-order valence-electron chi connectivity index (χ4n) is 1.63. The molecule has 1 aromatic rings. The molecular weight excluding hydrogens is 292 g/mol. The van der Waals surface area contributed by atoms with E-state index in [1.807, 2.05) is 32.0 Å². The maximum atomic E-state index is 11.9. The van der Waals surface area contributed by atoms with Gasteiger partial charge in [0.2, 0.25) is 10.0 Å². The quantitative estimate of drug-likeness (QED) is 0.777. The van der Waals surface area contributed by atoms with E-state index < -0.39 is 16.1 Å². The lowest BCUT2D eigenvalue weighted by Gasteiger charge is -2.16. The molecule has 118 valence electrons. The number of amides is 1. The van der Waals surface area contributed by atoms with Crippen LogP contribution in [0.15, 0.2) is 18.2 Å². The summed E-state index contributed by atoms with van der Waals surface area (Å²) in [7, 11) is -1.98. The molecule has 0 spiro atoms. The Bertz CT molecular complexity index is 599. The number of hydrogen-bond acceptors (Lipinski definition) is 4. The van der Waals surface area contributed by atoms with Gasteiger partial charge < -0.3 is 10.1 Å². The fourth-order valence-corrected chi connectivity index (χ4v) is 2.21. The standard InChI is InChI=1S/C14H22N2O4S/c1-10-5-6-11(2)13(9-10)20-12(3)14(17)16-7-8-21(18,19)15-4/h5-6,9,12,15H,7-8H2,1-4H3,(H,16,17)/t12-/m0/s1. The average molecular weight is 314 g/mol. The SMILES string of the molecule is CNS(=O)(=O)CCNC(=O)[C@H](C)Oc1cc(C)ccc1C. The highest BCUT2D eigenvalue weighted by Gasteiger charge is 2.16. The van der Waals surface area contributed by atoms with Gasteiger partial charge in [-0.05, 0) is 45.0 Å². The molecule has 0 saturated carbocycles. The first-order valence-corrected chi connectivity index (χ1v) is 8.33. The normalized spacial score (nSPS) is 12.8. The van der Waals surface area contributed by atoms with Gasteiger partial charge in [-0.1, -0.05) is 12.1 Å². The Labute approximate surface area is 125 Å². The third-order valence-corrected chi connectivity index (χ3v) is 4.36. The number of benzene rings is 1. The summed E-state index contributed by atoms with van der Waals surface area (Å²) in [5, 5.41) is 2.54. The highest BCUT2D eigenvalue weighted by molar-refractivity contribution is 7.89. The van der Waals surface area contributed by atoms with Crippen molar-refractivity contribution in [1.29, 1.82) is 0 Å². The average Bonchev–Trinajstić information content (AvgIpc) is 2.42. The Morgan fingerprint density at radius 1 is 1.33 bits per heavy atom. The van der Waals surface area contributed by atoms with E-state index in [4.69, 9.17) is 4.74 Å². The predicted octanol–water partition coefficient (Wildman–Crippen LogP) is 0.736. The minimum Gasteiger partial charge on any atom is -0.481 e. The lowest BCUT2D eigenvalue weighted by molar-refractivity contribution is -0.127. The van der Waals surface area contributed by atoms with Crippen LogP contribution in [0, 0.1) is 13.8 Å². The van der Waals surface area contributed by atoms with Crippen molar-refractivity contribution in [2.45, 2.75) is 26.9 Å².